The Morgan fingerprint density at radius 3 is 2.46 bits per heavy atom. The molecule has 0 radical (unpaired) electrons. The third-order valence-corrected chi connectivity index (χ3v) is 4.07. The van der Waals surface area contributed by atoms with Crippen molar-refractivity contribution in [2.24, 2.45) is 7.05 Å². The standard InChI is InChI=1S/C15H26N6O3/c1-5-12-14(21(23)24)15(18(4)17-12)20-8-6-19(7-9-20)10-13(22)16-11(2)3/h11H,5-10H2,1-4H3,(H,16,22). The summed E-state index contributed by atoms with van der Waals surface area (Å²) in [5.74, 6) is 0.571. The molecule has 1 N–H and O–H groups in total. The lowest BCUT2D eigenvalue weighted by Gasteiger charge is -2.35. The fourth-order valence-corrected chi connectivity index (χ4v) is 3.03. The predicted octanol–water partition coefficient (Wildman–Crippen LogP) is 0.537. The van der Waals surface area contributed by atoms with Crippen LogP contribution in [-0.2, 0) is 18.3 Å². The molecule has 1 aromatic rings. The molecule has 2 heterocycles. The maximum atomic E-state index is 11.8. The van der Waals surface area contributed by atoms with E-state index in [1.165, 1.54) is 0 Å². The third kappa shape index (κ3) is 4.02. The van der Waals surface area contributed by atoms with Crippen LogP contribution in [0.4, 0.5) is 11.5 Å². The molecule has 1 amide bonds. The number of hydrogen-bond donors (Lipinski definition) is 1. The minimum atomic E-state index is -0.344. The summed E-state index contributed by atoms with van der Waals surface area (Å²) in [4.78, 5) is 27.0. The summed E-state index contributed by atoms with van der Waals surface area (Å²) in [5.41, 5.74) is 0.613. The molecule has 1 saturated heterocycles. The largest absolute Gasteiger partial charge is 0.353 e. The maximum Gasteiger partial charge on any atom is 0.334 e. The summed E-state index contributed by atoms with van der Waals surface area (Å²) in [6, 6.07) is 0.128. The molecule has 0 saturated carbocycles. The van der Waals surface area contributed by atoms with E-state index in [4.69, 9.17) is 0 Å². The second-order valence-corrected chi connectivity index (χ2v) is 6.34. The summed E-state index contributed by atoms with van der Waals surface area (Å²) in [5, 5.41) is 18.6. The highest BCUT2D eigenvalue weighted by atomic mass is 16.6. The lowest BCUT2D eigenvalue weighted by Crippen LogP contribution is -2.50. The Morgan fingerprint density at radius 1 is 1.33 bits per heavy atom. The first-order valence-corrected chi connectivity index (χ1v) is 8.30. The number of nitrogens with one attached hydrogen (secondary N) is 1. The molecule has 1 aliphatic rings. The molecule has 2 rings (SSSR count). The average molecular weight is 338 g/mol. The zero-order chi connectivity index (χ0) is 17.9. The van der Waals surface area contributed by atoms with Gasteiger partial charge in [0.1, 0.15) is 5.69 Å². The van der Waals surface area contributed by atoms with Crippen LogP contribution in [0.5, 0.6) is 0 Å². The van der Waals surface area contributed by atoms with E-state index < -0.39 is 0 Å². The number of hydrogen-bond acceptors (Lipinski definition) is 6. The topological polar surface area (TPSA) is 96.5 Å². The Labute approximate surface area is 141 Å². The molecular weight excluding hydrogens is 312 g/mol. The van der Waals surface area contributed by atoms with Gasteiger partial charge >= 0.3 is 5.69 Å². The number of anilines is 1. The van der Waals surface area contributed by atoms with E-state index in [1.54, 1.807) is 11.7 Å². The van der Waals surface area contributed by atoms with Crippen LogP contribution >= 0.6 is 0 Å². The van der Waals surface area contributed by atoms with Crippen LogP contribution in [0, 0.1) is 10.1 Å². The van der Waals surface area contributed by atoms with Crippen molar-refractivity contribution in [2.45, 2.75) is 33.2 Å². The van der Waals surface area contributed by atoms with E-state index in [9.17, 15) is 14.9 Å². The van der Waals surface area contributed by atoms with Crippen LogP contribution in [0.15, 0.2) is 0 Å². The summed E-state index contributed by atoms with van der Waals surface area (Å²) < 4.78 is 1.60. The van der Waals surface area contributed by atoms with Crippen LogP contribution in [-0.4, -0.2) is 64.3 Å². The zero-order valence-corrected chi connectivity index (χ0v) is 14.8. The average Bonchev–Trinajstić information content (AvgIpc) is 2.84. The quantitative estimate of drug-likeness (QED) is 0.601. The van der Waals surface area contributed by atoms with Gasteiger partial charge in [0.2, 0.25) is 11.7 Å². The number of nitrogens with zero attached hydrogens (tertiary/aromatic N) is 5. The van der Waals surface area contributed by atoms with Crippen LogP contribution < -0.4 is 10.2 Å². The van der Waals surface area contributed by atoms with Crippen molar-refractivity contribution in [1.82, 2.24) is 20.0 Å². The number of amides is 1. The van der Waals surface area contributed by atoms with Crippen LogP contribution in [0.2, 0.25) is 0 Å². The Kier molecular flexibility index (Phi) is 5.76. The van der Waals surface area contributed by atoms with E-state index in [-0.39, 0.29) is 22.6 Å². The van der Waals surface area contributed by atoms with Crippen molar-refractivity contribution in [3.8, 4) is 0 Å². The number of nitro groups is 1. The Morgan fingerprint density at radius 2 is 1.96 bits per heavy atom. The normalized spacial score (nSPS) is 15.8. The molecule has 0 aliphatic carbocycles. The highest BCUT2D eigenvalue weighted by Gasteiger charge is 2.31. The van der Waals surface area contributed by atoms with Gasteiger partial charge in [-0.3, -0.25) is 19.8 Å². The Balaban J connectivity index is 2.04. The van der Waals surface area contributed by atoms with Crippen molar-refractivity contribution in [3.05, 3.63) is 15.8 Å². The Hall–Kier alpha value is -2.16. The molecule has 24 heavy (non-hydrogen) atoms. The molecule has 0 atom stereocenters. The van der Waals surface area contributed by atoms with Crippen molar-refractivity contribution in [1.29, 1.82) is 0 Å². The van der Waals surface area contributed by atoms with E-state index in [1.807, 2.05) is 25.7 Å². The van der Waals surface area contributed by atoms with Gasteiger partial charge in [0.05, 0.1) is 11.5 Å². The van der Waals surface area contributed by atoms with E-state index >= 15 is 0 Å². The number of aryl methyl sites for hydroxylation is 2. The molecule has 9 heteroatoms. The molecule has 134 valence electrons. The monoisotopic (exact) mass is 338 g/mol. The van der Waals surface area contributed by atoms with Gasteiger partial charge < -0.3 is 10.2 Å². The van der Waals surface area contributed by atoms with Crippen molar-refractivity contribution in [3.63, 3.8) is 0 Å². The lowest BCUT2D eigenvalue weighted by atomic mass is 10.2. The lowest BCUT2D eigenvalue weighted by molar-refractivity contribution is -0.384. The molecule has 0 aromatic carbocycles. The molecular formula is C15H26N6O3. The van der Waals surface area contributed by atoms with Gasteiger partial charge in [-0.05, 0) is 20.3 Å². The molecule has 1 aliphatic heterocycles. The van der Waals surface area contributed by atoms with Gasteiger partial charge in [0.15, 0.2) is 0 Å². The highest BCUT2D eigenvalue weighted by molar-refractivity contribution is 5.78. The van der Waals surface area contributed by atoms with Crippen molar-refractivity contribution in [2.75, 3.05) is 37.6 Å². The smallest absolute Gasteiger partial charge is 0.334 e. The number of carbonyl (C=O) groups is 1. The van der Waals surface area contributed by atoms with Gasteiger partial charge in [-0.15, -0.1) is 0 Å². The first-order valence-electron chi connectivity index (χ1n) is 8.30. The maximum absolute atomic E-state index is 11.8. The van der Waals surface area contributed by atoms with Gasteiger partial charge in [0, 0.05) is 39.3 Å². The number of piperazine rings is 1. The van der Waals surface area contributed by atoms with Crippen molar-refractivity contribution >= 4 is 17.4 Å². The fourth-order valence-electron chi connectivity index (χ4n) is 3.03. The molecule has 1 aromatic heterocycles. The van der Waals surface area contributed by atoms with Crippen LogP contribution in [0.1, 0.15) is 26.5 Å². The number of carbonyl (C=O) groups excluding carboxylic acids is 1. The summed E-state index contributed by atoms with van der Waals surface area (Å²) in [6.07, 6.45) is 0.527. The van der Waals surface area contributed by atoms with Gasteiger partial charge in [0.25, 0.3) is 0 Å². The van der Waals surface area contributed by atoms with E-state index in [2.05, 4.69) is 15.3 Å². The van der Waals surface area contributed by atoms with E-state index in [0.717, 1.165) is 0 Å². The fraction of sp³-hybridized carbons (Fsp3) is 0.733. The molecule has 1 fully saturated rings. The zero-order valence-electron chi connectivity index (χ0n) is 14.8. The summed E-state index contributed by atoms with van der Waals surface area (Å²) >= 11 is 0. The van der Waals surface area contributed by atoms with Gasteiger partial charge in [-0.25, -0.2) is 4.68 Å². The molecule has 0 spiro atoms. The second-order valence-electron chi connectivity index (χ2n) is 6.34. The van der Waals surface area contributed by atoms with Crippen molar-refractivity contribution < 1.29 is 9.72 Å². The number of aromatic nitrogens is 2. The van der Waals surface area contributed by atoms with Crippen LogP contribution in [0.25, 0.3) is 0 Å². The molecule has 9 nitrogen and oxygen atoms in total. The first kappa shape index (κ1) is 18.2. The minimum Gasteiger partial charge on any atom is -0.353 e. The van der Waals surface area contributed by atoms with Gasteiger partial charge in [-0.1, -0.05) is 6.92 Å². The second kappa shape index (κ2) is 7.61. The molecule has 0 bridgehead atoms. The molecule has 0 unspecified atom stereocenters. The SMILES string of the molecule is CCc1nn(C)c(N2CCN(CC(=O)NC(C)C)CC2)c1[N+](=O)[O-]. The predicted molar refractivity (Wildman–Crippen MR) is 91.2 cm³/mol. The first-order chi connectivity index (χ1) is 11.3. The minimum absolute atomic E-state index is 0.0123. The van der Waals surface area contributed by atoms with Crippen LogP contribution in [0.3, 0.4) is 0 Å². The summed E-state index contributed by atoms with van der Waals surface area (Å²) in [6.45, 7) is 8.75. The van der Waals surface area contributed by atoms with E-state index in [0.29, 0.717) is 50.7 Å². The van der Waals surface area contributed by atoms with Gasteiger partial charge in [-0.2, -0.15) is 5.10 Å². The highest BCUT2D eigenvalue weighted by Crippen LogP contribution is 2.32. The number of rotatable bonds is 6. The Bertz CT molecular complexity index is 605. The summed E-state index contributed by atoms with van der Waals surface area (Å²) in [7, 11) is 1.74. The third-order valence-electron chi connectivity index (χ3n) is 4.07.